The second-order valence-electron chi connectivity index (χ2n) is 13.2. The molecule has 0 amide bonds. The van der Waals surface area contributed by atoms with Gasteiger partial charge in [-0.1, -0.05) is 158 Å². The Morgan fingerprint density at radius 2 is 1.20 bits per heavy atom. The summed E-state index contributed by atoms with van der Waals surface area (Å²) in [5.74, 6) is 0. The minimum Gasteiger partial charge on any atom is -0.256 e. The lowest BCUT2D eigenvalue weighted by molar-refractivity contribution is 1.10. The van der Waals surface area contributed by atoms with Crippen molar-refractivity contribution in [3.8, 4) is 22.3 Å². The first-order valence-electron chi connectivity index (χ1n) is 17.5. The molecular weight excluding hydrogens is 603 g/mol. The normalized spacial score (nSPS) is 12.5. The molecule has 1 aromatic heterocycles. The van der Waals surface area contributed by atoms with Gasteiger partial charge in [0.25, 0.3) is 0 Å². The van der Waals surface area contributed by atoms with Crippen molar-refractivity contribution in [1.82, 2.24) is 4.98 Å². The molecule has 240 valence electrons. The molecule has 1 nitrogen and oxygen atoms in total. The summed E-state index contributed by atoms with van der Waals surface area (Å²) in [5.41, 5.74) is 11.8. The van der Waals surface area contributed by atoms with Gasteiger partial charge in [-0.25, -0.2) is 0 Å². The first kappa shape index (κ1) is 31.2. The van der Waals surface area contributed by atoms with Crippen LogP contribution >= 0.6 is 0 Å². The van der Waals surface area contributed by atoms with Gasteiger partial charge in [-0.05, 0) is 115 Å². The van der Waals surface area contributed by atoms with E-state index in [-0.39, 0.29) is 0 Å². The second kappa shape index (κ2) is 13.1. The van der Waals surface area contributed by atoms with E-state index in [9.17, 15) is 0 Å². The fraction of sp³-hybridized carbons (Fsp3) is 0.0816. The Morgan fingerprint density at radius 1 is 0.600 bits per heavy atom. The van der Waals surface area contributed by atoms with Crippen LogP contribution < -0.4 is 0 Å². The number of fused-ring (bicyclic) bond motifs is 4. The molecule has 0 saturated carbocycles. The highest BCUT2D eigenvalue weighted by Gasteiger charge is 2.20. The molecule has 0 spiro atoms. The lowest BCUT2D eigenvalue weighted by Gasteiger charge is -2.20. The highest BCUT2D eigenvalue weighted by molar-refractivity contribution is 6.24. The van der Waals surface area contributed by atoms with Gasteiger partial charge in [0.15, 0.2) is 0 Å². The lowest BCUT2D eigenvalue weighted by atomic mass is 9.83. The Bertz CT molecular complexity index is 2600. The van der Waals surface area contributed by atoms with Gasteiger partial charge in [0.1, 0.15) is 0 Å². The number of hydrogen-bond acceptors (Lipinski definition) is 1. The molecule has 1 heteroatoms. The van der Waals surface area contributed by atoms with E-state index in [2.05, 4.69) is 161 Å². The molecule has 0 fully saturated rings. The van der Waals surface area contributed by atoms with Crippen molar-refractivity contribution in [2.24, 2.45) is 0 Å². The van der Waals surface area contributed by atoms with Crippen LogP contribution in [0.2, 0.25) is 0 Å². The molecule has 50 heavy (non-hydrogen) atoms. The van der Waals surface area contributed by atoms with Gasteiger partial charge in [-0.3, -0.25) is 4.98 Å². The molecule has 0 radical (unpaired) electrons. The second-order valence-corrected chi connectivity index (χ2v) is 13.2. The Kier molecular flexibility index (Phi) is 8.18. The van der Waals surface area contributed by atoms with Crippen LogP contribution in [0.25, 0.3) is 76.5 Å². The van der Waals surface area contributed by atoms with Crippen molar-refractivity contribution in [3.05, 3.63) is 187 Å². The van der Waals surface area contributed by atoms with Crippen LogP contribution in [0.4, 0.5) is 0 Å². The van der Waals surface area contributed by atoms with E-state index in [1.165, 1.54) is 82.0 Å². The fourth-order valence-corrected chi connectivity index (χ4v) is 7.53. The van der Waals surface area contributed by atoms with Gasteiger partial charge in [0.05, 0.1) is 5.69 Å². The van der Waals surface area contributed by atoms with Crippen LogP contribution in [0.3, 0.4) is 0 Å². The van der Waals surface area contributed by atoms with Crippen molar-refractivity contribution in [3.63, 3.8) is 0 Å². The fourth-order valence-electron chi connectivity index (χ4n) is 7.53. The summed E-state index contributed by atoms with van der Waals surface area (Å²) in [7, 11) is 0. The Hall–Kier alpha value is -6.05. The maximum Gasteiger partial charge on any atom is 0.0707 e. The number of benzene rings is 7. The third kappa shape index (κ3) is 5.42. The van der Waals surface area contributed by atoms with Gasteiger partial charge < -0.3 is 0 Å². The Morgan fingerprint density at radius 3 is 1.84 bits per heavy atom. The van der Waals surface area contributed by atoms with Gasteiger partial charge >= 0.3 is 0 Å². The predicted octanol–water partition coefficient (Wildman–Crippen LogP) is 13.8. The first-order chi connectivity index (χ1) is 24.6. The van der Waals surface area contributed by atoms with Gasteiger partial charge in [-0.15, -0.1) is 0 Å². The zero-order valence-electron chi connectivity index (χ0n) is 28.9. The van der Waals surface area contributed by atoms with Crippen LogP contribution in [-0.2, 0) is 0 Å². The Balaban J connectivity index is 1.43. The number of aryl methyl sites for hydroxylation is 1. The molecule has 8 rings (SSSR count). The third-order valence-corrected chi connectivity index (χ3v) is 10.1. The Labute approximate surface area is 294 Å². The summed E-state index contributed by atoms with van der Waals surface area (Å²) in [6.45, 7) is 10.8. The van der Waals surface area contributed by atoms with Gasteiger partial charge in [0.2, 0.25) is 0 Å². The van der Waals surface area contributed by atoms with Gasteiger partial charge in [-0.2, -0.15) is 0 Å². The minimum absolute atomic E-state index is 0.919. The third-order valence-electron chi connectivity index (χ3n) is 10.1. The van der Waals surface area contributed by atoms with Gasteiger partial charge in [0, 0.05) is 11.8 Å². The number of aromatic nitrogens is 1. The molecule has 0 bridgehead atoms. The van der Waals surface area contributed by atoms with Crippen LogP contribution in [0, 0.1) is 6.92 Å². The molecular formula is C49H39N. The van der Waals surface area contributed by atoms with Crippen LogP contribution in [0.15, 0.2) is 170 Å². The van der Waals surface area contributed by atoms with Crippen LogP contribution in [-0.4, -0.2) is 4.98 Å². The largest absolute Gasteiger partial charge is 0.256 e. The van der Waals surface area contributed by atoms with E-state index in [4.69, 9.17) is 4.98 Å². The van der Waals surface area contributed by atoms with Crippen molar-refractivity contribution in [2.45, 2.75) is 27.2 Å². The number of rotatable bonds is 7. The molecule has 0 atom stereocenters. The summed E-state index contributed by atoms with van der Waals surface area (Å²) in [6.07, 6.45) is 7.09. The highest BCUT2D eigenvalue weighted by atomic mass is 14.7. The zero-order chi connectivity index (χ0) is 34.2. The maximum absolute atomic E-state index is 4.74. The minimum atomic E-state index is 0.919. The lowest BCUT2D eigenvalue weighted by Crippen LogP contribution is -1.96. The monoisotopic (exact) mass is 641 g/mol. The molecule has 0 saturated heterocycles. The first-order valence-corrected chi connectivity index (χ1v) is 17.5. The van der Waals surface area contributed by atoms with E-state index in [1.807, 2.05) is 24.4 Å². The standard InChI is InChI=1S/C49H39N/c1-5-32(3)30-46(37(6-2)47-21-13-14-28-50-47)40-26-27-45(39-16-8-7-15-38(39)40)49-43-19-11-9-17-41(43)48(42-18-10-12-20-44(42)49)36-25-24-34-29-33(4)22-23-35(34)31-36/h6-31H,2,5H2,1,3-4H3/b32-30+,46-37-. The zero-order valence-corrected chi connectivity index (χ0v) is 28.9. The van der Waals surface area contributed by atoms with Crippen molar-refractivity contribution in [2.75, 3.05) is 0 Å². The van der Waals surface area contributed by atoms with Crippen LogP contribution in [0.5, 0.6) is 0 Å². The SMILES string of the molecule is C=C/C(=C(\C=C(/C)CC)c1ccc(-c2c3ccccc3c(-c3ccc4cc(C)ccc4c3)c3ccccc23)c2ccccc12)c1ccccn1. The summed E-state index contributed by atoms with van der Waals surface area (Å²) < 4.78 is 0. The quantitative estimate of drug-likeness (QED) is 0.125. The number of pyridine rings is 1. The smallest absolute Gasteiger partial charge is 0.0707 e. The maximum atomic E-state index is 4.74. The molecule has 0 N–H and O–H groups in total. The van der Waals surface area contributed by atoms with E-state index in [0.717, 1.165) is 23.3 Å². The molecule has 8 aromatic rings. The van der Waals surface area contributed by atoms with Crippen LogP contribution in [0.1, 0.15) is 37.1 Å². The molecule has 7 aromatic carbocycles. The van der Waals surface area contributed by atoms with E-state index in [1.54, 1.807) is 0 Å². The van der Waals surface area contributed by atoms with Crippen molar-refractivity contribution < 1.29 is 0 Å². The molecule has 0 unspecified atom stereocenters. The predicted molar refractivity (Wildman–Crippen MR) is 217 cm³/mol. The summed E-state index contributed by atoms with van der Waals surface area (Å²) >= 11 is 0. The highest BCUT2D eigenvalue weighted by Crippen LogP contribution is 2.47. The number of hydrogen-bond donors (Lipinski definition) is 0. The van der Waals surface area contributed by atoms with Crippen molar-refractivity contribution >= 4 is 54.2 Å². The number of allylic oxidation sites excluding steroid dienone is 5. The molecule has 0 aliphatic rings. The molecule has 0 aliphatic carbocycles. The summed E-state index contributed by atoms with van der Waals surface area (Å²) in [5, 5.41) is 9.97. The average molecular weight is 642 g/mol. The van der Waals surface area contributed by atoms with E-state index in [0.29, 0.717) is 0 Å². The molecule has 1 heterocycles. The summed E-state index contributed by atoms with van der Waals surface area (Å²) in [6, 6.07) is 51.0. The molecule has 0 aliphatic heterocycles. The van der Waals surface area contributed by atoms with E-state index < -0.39 is 0 Å². The number of nitrogens with zero attached hydrogens (tertiary/aromatic N) is 1. The topological polar surface area (TPSA) is 12.9 Å². The van der Waals surface area contributed by atoms with Crippen molar-refractivity contribution in [1.29, 1.82) is 0 Å². The summed E-state index contributed by atoms with van der Waals surface area (Å²) in [4.78, 5) is 4.74. The average Bonchev–Trinajstić information content (AvgIpc) is 3.16. The van der Waals surface area contributed by atoms with E-state index >= 15 is 0 Å².